The molecule has 0 heterocycles. The summed E-state index contributed by atoms with van der Waals surface area (Å²) in [6.45, 7) is 30.6. The van der Waals surface area contributed by atoms with Crippen molar-refractivity contribution >= 4 is 15.6 Å². The SMILES string of the molecule is CCCC[P+](CCCC)(CCCC)C/C(=C\[C@H](C)C/C=C/C(C)=C/[C@@H](C)[C@H](CC)O[Si](C)(C)C(C)(C)C)CC. The summed E-state index contributed by atoms with van der Waals surface area (Å²) in [5.74, 6) is 1.04. The standard InChI is InChI=1S/C36H72OPSi/c1-14-19-25-38(26-20-15-2,27-21-16-3)30-34(17-4)29-32(7)24-22-23-31(6)28-33(8)35(18-5)37-39(12,13)36(9,10)11/h22-23,28-29,32-33,35H,14-21,24-27,30H2,1-13H3/q+1/b23-22+,31-28+,34-29-/t32-,33-,35+/m1/s1. The van der Waals surface area contributed by atoms with Gasteiger partial charge in [-0.25, -0.2) is 0 Å². The van der Waals surface area contributed by atoms with E-state index < -0.39 is 15.6 Å². The van der Waals surface area contributed by atoms with Gasteiger partial charge >= 0.3 is 0 Å². The Hall–Kier alpha value is -0.173. The van der Waals surface area contributed by atoms with Crippen molar-refractivity contribution < 1.29 is 4.43 Å². The van der Waals surface area contributed by atoms with E-state index in [1.165, 1.54) is 75.2 Å². The van der Waals surface area contributed by atoms with Crippen LogP contribution in [0.3, 0.4) is 0 Å². The number of rotatable bonds is 21. The maximum Gasteiger partial charge on any atom is 0.192 e. The fourth-order valence-corrected chi connectivity index (χ4v) is 12.2. The lowest BCUT2D eigenvalue weighted by atomic mass is 9.99. The van der Waals surface area contributed by atoms with Gasteiger partial charge in [0.1, 0.15) is 0 Å². The molecule has 39 heavy (non-hydrogen) atoms. The van der Waals surface area contributed by atoms with Crippen LogP contribution in [0.5, 0.6) is 0 Å². The molecule has 0 aliphatic carbocycles. The Balaban J connectivity index is 5.40. The zero-order valence-electron chi connectivity index (χ0n) is 29.1. The fourth-order valence-electron chi connectivity index (χ4n) is 5.40. The first-order valence-electron chi connectivity index (χ1n) is 16.8. The number of hydrogen-bond donors (Lipinski definition) is 0. The smallest absolute Gasteiger partial charge is 0.192 e. The van der Waals surface area contributed by atoms with E-state index >= 15 is 0 Å². The van der Waals surface area contributed by atoms with Crippen LogP contribution in [-0.2, 0) is 4.43 Å². The maximum absolute atomic E-state index is 6.79. The molecule has 0 saturated heterocycles. The maximum atomic E-state index is 6.79. The summed E-state index contributed by atoms with van der Waals surface area (Å²) in [4.78, 5) is 0. The average Bonchev–Trinajstić information content (AvgIpc) is 2.86. The van der Waals surface area contributed by atoms with Crippen molar-refractivity contribution in [2.75, 3.05) is 24.6 Å². The summed E-state index contributed by atoms with van der Waals surface area (Å²) in [6.07, 6.45) is 27.9. The Morgan fingerprint density at radius 2 is 1.36 bits per heavy atom. The van der Waals surface area contributed by atoms with Gasteiger partial charge in [0.05, 0.1) is 30.8 Å². The van der Waals surface area contributed by atoms with E-state index in [1.54, 1.807) is 5.57 Å². The van der Waals surface area contributed by atoms with Crippen LogP contribution in [0.15, 0.2) is 35.5 Å². The summed E-state index contributed by atoms with van der Waals surface area (Å²) in [5, 5.41) is 0.253. The molecule has 0 aliphatic rings. The molecule has 0 aromatic heterocycles. The normalized spacial score (nSPS) is 16.6. The van der Waals surface area contributed by atoms with Gasteiger partial charge in [-0.05, 0) is 81.0 Å². The van der Waals surface area contributed by atoms with Gasteiger partial charge < -0.3 is 4.43 Å². The van der Waals surface area contributed by atoms with Crippen molar-refractivity contribution in [3.8, 4) is 0 Å². The lowest BCUT2D eigenvalue weighted by Crippen LogP contribution is -2.45. The van der Waals surface area contributed by atoms with Gasteiger partial charge in [0.25, 0.3) is 0 Å². The summed E-state index contributed by atoms with van der Waals surface area (Å²) in [5.41, 5.74) is 3.12. The van der Waals surface area contributed by atoms with Gasteiger partial charge in [0, 0.05) is 7.26 Å². The summed E-state index contributed by atoms with van der Waals surface area (Å²) in [6, 6.07) is 0. The molecular formula is C36H72OPSi+. The highest BCUT2D eigenvalue weighted by molar-refractivity contribution is 7.76. The van der Waals surface area contributed by atoms with E-state index in [-0.39, 0.29) is 5.04 Å². The first kappa shape index (κ1) is 38.8. The summed E-state index contributed by atoms with van der Waals surface area (Å²) < 4.78 is 6.79. The Bertz CT molecular complexity index is 705. The Morgan fingerprint density at radius 1 is 0.846 bits per heavy atom. The highest BCUT2D eigenvalue weighted by atomic mass is 31.2. The van der Waals surface area contributed by atoms with Gasteiger partial charge in [-0.15, -0.1) is 0 Å². The van der Waals surface area contributed by atoms with Crippen LogP contribution in [0.4, 0.5) is 0 Å². The van der Waals surface area contributed by atoms with Crippen molar-refractivity contribution in [2.45, 2.75) is 158 Å². The van der Waals surface area contributed by atoms with Gasteiger partial charge in [-0.1, -0.05) is 118 Å². The molecule has 0 amide bonds. The second kappa shape index (κ2) is 19.9. The van der Waals surface area contributed by atoms with Crippen molar-refractivity contribution in [3.63, 3.8) is 0 Å². The van der Waals surface area contributed by atoms with Gasteiger partial charge in [0.15, 0.2) is 8.32 Å². The molecule has 0 N–H and O–H groups in total. The minimum absolute atomic E-state index is 0.253. The molecule has 230 valence electrons. The molecule has 0 spiro atoms. The van der Waals surface area contributed by atoms with Crippen LogP contribution in [0.25, 0.3) is 0 Å². The molecule has 0 unspecified atom stereocenters. The number of allylic oxidation sites excluding steroid dienone is 5. The van der Waals surface area contributed by atoms with Gasteiger partial charge in [-0.3, -0.25) is 0 Å². The molecule has 0 radical (unpaired) electrons. The lowest BCUT2D eigenvalue weighted by molar-refractivity contribution is 0.141. The number of hydrogen-bond acceptors (Lipinski definition) is 1. The van der Waals surface area contributed by atoms with Crippen LogP contribution in [0.2, 0.25) is 18.1 Å². The largest absolute Gasteiger partial charge is 0.413 e. The second-order valence-corrected chi connectivity index (χ2v) is 23.2. The molecule has 1 nitrogen and oxygen atoms in total. The molecule has 0 fully saturated rings. The zero-order valence-corrected chi connectivity index (χ0v) is 31.0. The third kappa shape index (κ3) is 15.6. The predicted molar refractivity (Wildman–Crippen MR) is 188 cm³/mol. The Labute approximate surface area is 249 Å². The topological polar surface area (TPSA) is 9.23 Å². The Morgan fingerprint density at radius 3 is 1.77 bits per heavy atom. The molecule has 0 aromatic rings. The van der Waals surface area contributed by atoms with E-state index in [0.717, 1.165) is 12.8 Å². The summed E-state index contributed by atoms with van der Waals surface area (Å²) in [7, 11) is -2.63. The highest BCUT2D eigenvalue weighted by Gasteiger charge is 2.39. The molecule has 0 saturated carbocycles. The van der Waals surface area contributed by atoms with Crippen LogP contribution in [0, 0.1) is 11.8 Å². The first-order valence-corrected chi connectivity index (χ1v) is 22.2. The molecule has 0 aromatic carbocycles. The molecular weight excluding hydrogens is 507 g/mol. The second-order valence-electron chi connectivity index (χ2n) is 14.1. The Kier molecular flexibility index (Phi) is 19.8. The minimum Gasteiger partial charge on any atom is -0.413 e. The van der Waals surface area contributed by atoms with E-state index in [1.807, 2.05) is 0 Å². The van der Waals surface area contributed by atoms with Crippen LogP contribution < -0.4 is 0 Å². The third-order valence-corrected chi connectivity index (χ3v) is 18.5. The van der Waals surface area contributed by atoms with E-state index in [2.05, 4.69) is 114 Å². The van der Waals surface area contributed by atoms with E-state index in [9.17, 15) is 0 Å². The minimum atomic E-state index is -1.75. The van der Waals surface area contributed by atoms with Crippen molar-refractivity contribution in [1.29, 1.82) is 0 Å². The average molecular weight is 580 g/mol. The van der Waals surface area contributed by atoms with Gasteiger partial charge in [-0.2, -0.15) is 0 Å². The van der Waals surface area contributed by atoms with E-state index in [0.29, 0.717) is 17.9 Å². The summed E-state index contributed by atoms with van der Waals surface area (Å²) >= 11 is 0. The molecule has 3 heteroatoms. The third-order valence-electron chi connectivity index (χ3n) is 9.13. The quantitative estimate of drug-likeness (QED) is 0.0568. The van der Waals surface area contributed by atoms with Crippen molar-refractivity contribution in [1.82, 2.24) is 0 Å². The predicted octanol–water partition coefficient (Wildman–Crippen LogP) is 12.7. The van der Waals surface area contributed by atoms with Crippen molar-refractivity contribution in [2.24, 2.45) is 11.8 Å². The fraction of sp³-hybridized carbons (Fsp3) is 0.833. The molecule has 0 aliphatic heterocycles. The van der Waals surface area contributed by atoms with Crippen LogP contribution >= 0.6 is 7.26 Å². The molecule has 0 bridgehead atoms. The molecule has 0 rings (SSSR count). The lowest BCUT2D eigenvalue weighted by Gasteiger charge is -2.40. The zero-order chi connectivity index (χ0) is 30.1. The monoisotopic (exact) mass is 580 g/mol. The van der Waals surface area contributed by atoms with Crippen molar-refractivity contribution in [3.05, 3.63) is 35.5 Å². The molecule has 3 atom stereocenters. The van der Waals surface area contributed by atoms with Crippen LogP contribution in [-0.4, -0.2) is 39.1 Å². The van der Waals surface area contributed by atoms with Gasteiger partial charge in [0.2, 0.25) is 0 Å². The number of unbranched alkanes of at least 4 members (excludes halogenated alkanes) is 3. The van der Waals surface area contributed by atoms with Crippen LogP contribution in [0.1, 0.15) is 134 Å². The highest BCUT2D eigenvalue weighted by Crippen LogP contribution is 2.62. The first-order chi connectivity index (χ1) is 18.2. The van der Waals surface area contributed by atoms with E-state index in [4.69, 9.17) is 4.43 Å².